The lowest BCUT2D eigenvalue weighted by Gasteiger charge is -2.32. The number of hydrogen-bond acceptors (Lipinski definition) is 6. The minimum Gasteiger partial charge on any atom is -0.337 e. The van der Waals surface area contributed by atoms with Crippen LogP contribution in [0.4, 0.5) is 5.69 Å². The van der Waals surface area contributed by atoms with Gasteiger partial charge in [0.25, 0.3) is 5.91 Å². The molecule has 164 valence electrons. The summed E-state index contributed by atoms with van der Waals surface area (Å²) in [6.07, 6.45) is 1.02. The zero-order valence-electron chi connectivity index (χ0n) is 18.0. The molecule has 5 rings (SSSR count). The number of benzene rings is 2. The Bertz CT molecular complexity index is 1190. The highest BCUT2D eigenvalue weighted by atomic mass is 32.1. The molecule has 1 fully saturated rings. The SMILES string of the molecule is CN1CCN(CCc2ccc(NC(=O)c3ccc4nc(-c5cscn5)[nH]c4c3)cc2)CC1. The molecule has 32 heavy (non-hydrogen) atoms. The Morgan fingerprint density at radius 1 is 1.12 bits per heavy atom. The molecule has 3 heterocycles. The number of carbonyl (C=O) groups is 1. The first-order valence-corrected chi connectivity index (χ1v) is 11.8. The van der Waals surface area contributed by atoms with E-state index in [9.17, 15) is 4.79 Å². The number of carbonyl (C=O) groups excluding carboxylic acids is 1. The predicted octanol–water partition coefficient (Wildman–Crippen LogP) is 3.73. The molecule has 2 N–H and O–H groups in total. The Labute approximate surface area is 191 Å². The van der Waals surface area contributed by atoms with Crippen LogP contribution in [0.15, 0.2) is 53.4 Å². The van der Waals surface area contributed by atoms with Gasteiger partial charge in [0.15, 0.2) is 5.82 Å². The topological polar surface area (TPSA) is 77.2 Å². The summed E-state index contributed by atoms with van der Waals surface area (Å²) < 4.78 is 0. The third kappa shape index (κ3) is 4.72. The van der Waals surface area contributed by atoms with Crippen molar-refractivity contribution in [2.45, 2.75) is 6.42 Å². The van der Waals surface area contributed by atoms with Gasteiger partial charge < -0.3 is 20.1 Å². The van der Waals surface area contributed by atoms with Crippen molar-refractivity contribution in [1.82, 2.24) is 24.8 Å². The molecule has 8 heteroatoms. The van der Waals surface area contributed by atoms with Crippen molar-refractivity contribution in [1.29, 1.82) is 0 Å². The van der Waals surface area contributed by atoms with E-state index in [0.717, 1.165) is 61.6 Å². The molecule has 0 bridgehead atoms. The van der Waals surface area contributed by atoms with E-state index in [2.05, 4.69) is 49.2 Å². The Balaban J connectivity index is 1.20. The van der Waals surface area contributed by atoms with E-state index in [-0.39, 0.29) is 5.91 Å². The Morgan fingerprint density at radius 2 is 1.94 bits per heavy atom. The van der Waals surface area contributed by atoms with Crippen LogP contribution < -0.4 is 5.32 Å². The molecule has 0 aliphatic carbocycles. The fourth-order valence-electron chi connectivity index (χ4n) is 3.92. The van der Waals surface area contributed by atoms with E-state index >= 15 is 0 Å². The van der Waals surface area contributed by atoms with Crippen molar-refractivity contribution >= 4 is 34.0 Å². The van der Waals surface area contributed by atoms with Gasteiger partial charge in [-0.3, -0.25) is 4.79 Å². The second kappa shape index (κ2) is 9.20. The van der Waals surface area contributed by atoms with E-state index in [1.165, 1.54) is 16.9 Å². The van der Waals surface area contributed by atoms with Crippen molar-refractivity contribution < 1.29 is 4.79 Å². The lowest BCUT2D eigenvalue weighted by molar-refractivity contribution is 0.102. The lowest BCUT2D eigenvalue weighted by Crippen LogP contribution is -2.45. The van der Waals surface area contributed by atoms with Crippen molar-refractivity contribution in [3.05, 3.63) is 64.5 Å². The third-order valence-electron chi connectivity index (χ3n) is 5.94. The Kier molecular flexibility index (Phi) is 5.98. The normalized spacial score (nSPS) is 15.3. The lowest BCUT2D eigenvalue weighted by atomic mass is 10.1. The summed E-state index contributed by atoms with van der Waals surface area (Å²) in [6, 6.07) is 13.6. The van der Waals surface area contributed by atoms with Gasteiger partial charge in [-0.05, 0) is 49.4 Å². The molecule has 1 aliphatic rings. The number of imidazole rings is 1. The number of amides is 1. The minimum atomic E-state index is -0.137. The quantitative estimate of drug-likeness (QED) is 0.472. The molecule has 0 unspecified atom stereocenters. The van der Waals surface area contributed by atoms with Gasteiger partial charge in [-0.2, -0.15) is 0 Å². The number of rotatable bonds is 6. The summed E-state index contributed by atoms with van der Waals surface area (Å²) in [5, 5.41) is 4.94. The monoisotopic (exact) mass is 446 g/mol. The highest BCUT2D eigenvalue weighted by molar-refractivity contribution is 7.07. The van der Waals surface area contributed by atoms with Crippen molar-refractivity contribution in [2.75, 3.05) is 45.1 Å². The van der Waals surface area contributed by atoms with Gasteiger partial charge in [-0.25, -0.2) is 9.97 Å². The largest absolute Gasteiger partial charge is 0.337 e. The summed E-state index contributed by atoms with van der Waals surface area (Å²) in [4.78, 5) is 29.8. The second-order valence-corrected chi connectivity index (χ2v) is 8.96. The first-order chi connectivity index (χ1) is 15.6. The number of aromatic amines is 1. The molecule has 7 nitrogen and oxygen atoms in total. The summed E-state index contributed by atoms with van der Waals surface area (Å²) >= 11 is 1.53. The molecule has 4 aromatic rings. The summed E-state index contributed by atoms with van der Waals surface area (Å²) in [6.45, 7) is 5.63. The van der Waals surface area contributed by atoms with Gasteiger partial charge in [-0.1, -0.05) is 12.1 Å². The molecule has 0 radical (unpaired) electrons. The van der Waals surface area contributed by atoms with Crippen molar-refractivity contribution in [3.63, 3.8) is 0 Å². The number of hydrogen-bond donors (Lipinski definition) is 2. The van der Waals surface area contributed by atoms with Crippen LogP contribution in [-0.4, -0.2) is 70.4 Å². The number of nitrogens with zero attached hydrogens (tertiary/aromatic N) is 4. The molecular weight excluding hydrogens is 420 g/mol. The smallest absolute Gasteiger partial charge is 0.255 e. The first-order valence-electron chi connectivity index (χ1n) is 10.8. The number of fused-ring (bicyclic) bond motifs is 1. The van der Waals surface area contributed by atoms with Gasteiger partial charge in [0.1, 0.15) is 5.69 Å². The number of likely N-dealkylation sites (N-methyl/N-ethyl adjacent to an activating group) is 1. The molecular formula is C24H26N6OS. The van der Waals surface area contributed by atoms with Gasteiger partial charge >= 0.3 is 0 Å². The van der Waals surface area contributed by atoms with Crippen molar-refractivity contribution in [2.24, 2.45) is 0 Å². The van der Waals surface area contributed by atoms with Crippen LogP contribution >= 0.6 is 11.3 Å². The van der Waals surface area contributed by atoms with Crippen molar-refractivity contribution in [3.8, 4) is 11.5 Å². The molecule has 2 aromatic heterocycles. The van der Waals surface area contributed by atoms with E-state index in [1.807, 2.05) is 29.6 Å². The number of piperazine rings is 1. The van der Waals surface area contributed by atoms with E-state index in [0.29, 0.717) is 11.4 Å². The van der Waals surface area contributed by atoms with E-state index in [1.54, 1.807) is 11.6 Å². The third-order valence-corrected chi connectivity index (χ3v) is 6.53. The maximum Gasteiger partial charge on any atom is 0.255 e. The van der Waals surface area contributed by atoms with Crippen LogP contribution in [0.5, 0.6) is 0 Å². The van der Waals surface area contributed by atoms with Crippen LogP contribution in [0, 0.1) is 0 Å². The molecule has 1 saturated heterocycles. The van der Waals surface area contributed by atoms with Crippen LogP contribution in [0.2, 0.25) is 0 Å². The van der Waals surface area contributed by atoms with Crippen LogP contribution in [0.1, 0.15) is 15.9 Å². The van der Waals surface area contributed by atoms with Gasteiger partial charge in [-0.15, -0.1) is 11.3 Å². The zero-order valence-corrected chi connectivity index (χ0v) is 18.9. The predicted molar refractivity (Wildman–Crippen MR) is 129 cm³/mol. The number of H-pyrrole nitrogens is 1. The van der Waals surface area contributed by atoms with Crippen LogP contribution in [0.3, 0.4) is 0 Å². The Hall–Kier alpha value is -3.07. The first kappa shape index (κ1) is 20.8. The average Bonchev–Trinajstić information content (AvgIpc) is 3.49. The minimum absolute atomic E-state index is 0.137. The number of thiazole rings is 1. The number of anilines is 1. The zero-order chi connectivity index (χ0) is 21.9. The summed E-state index contributed by atoms with van der Waals surface area (Å²) in [7, 11) is 2.18. The molecule has 1 aliphatic heterocycles. The standard InChI is InChI=1S/C24H26N6OS/c1-29-10-12-30(13-11-29)9-8-17-2-5-19(6-3-17)26-24(31)18-4-7-20-21(14-18)28-23(27-20)22-15-32-16-25-22/h2-7,14-16H,8-13H2,1H3,(H,26,31)(H,27,28). The highest BCUT2D eigenvalue weighted by Gasteiger charge is 2.14. The molecule has 0 atom stereocenters. The summed E-state index contributed by atoms with van der Waals surface area (Å²) in [5.41, 5.74) is 6.89. The Morgan fingerprint density at radius 3 is 2.69 bits per heavy atom. The fourth-order valence-corrected chi connectivity index (χ4v) is 4.46. The molecule has 2 aromatic carbocycles. The number of nitrogens with one attached hydrogen (secondary N) is 2. The summed E-state index contributed by atoms with van der Waals surface area (Å²) in [5.74, 6) is 0.577. The highest BCUT2D eigenvalue weighted by Crippen LogP contribution is 2.22. The average molecular weight is 447 g/mol. The van der Waals surface area contributed by atoms with Crippen LogP contribution in [-0.2, 0) is 6.42 Å². The molecule has 0 spiro atoms. The molecule has 1 amide bonds. The van der Waals surface area contributed by atoms with Crippen LogP contribution in [0.25, 0.3) is 22.6 Å². The van der Waals surface area contributed by atoms with Gasteiger partial charge in [0.05, 0.1) is 16.5 Å². The van der Waals surface area contributed by atoms with E-state index in [4.69, 9.17) is 0 Å². The molecule has 0 saturated carbocycles. The van der Waals surface area contributed by atoms with E-state index < -0.39 is 0 Å². The van der Waals surface area contributed by atoms with Gasteiger partial charge in [0, 0.05) is 49.4 Å². The number of aromatic nitrogens is 3. The maximum absolute atomic E-state index is 12.8. The second-order valence-electron chi connectivity index (χ2n) is 8.24. The maximum atomic E-state index is 12.8. The van der Waals surface area contributed by atoms with Gasteiger partial charge in [0.2, 0.25) is 0 Å². The fraction of sp³-hybridized carbons (Fsp3) is 0.292.